The molecule has 24 heavy (non-hydrogen) atoms. The second-order valence-corrected chi connectivity index (χ2v) is 6.77. The average Bonchev–Trinajstić information content (AvgIpc) is 2.55. The lowest BCUT2D eigenvalue weighted by atomic mass is 10.2. The molecule has 128 valence electrons. The maximum absolute atomic E-state index is 13.3. The van der Waals surface area contributed by atoms with Crippen LogP contribution in [-0.4, -0.2) is 41.0 Å². The molecule has 0 amide bonds. The third-order valence-electron chi connectivity index (χ3n) is 4.37. The van der Waals surface area contributed by atoms with E-state index in [1.54, 1.807) is 12.1 Å². The van der Waals surface area contributed by atoms with Gasteiger partial charge in [-0.1, -0.05) is 26.0 Å². The Balaban J connectivity index is 1.63. The number of halogens is 1. The highest BCUT2D eigenvalue weighted by atomic mass is 19.1. The van der Waals surface area contributed by atoms with Crippen LogP contribution in [0.15, 0.2) is 30.3 Å². The van der Waals surface area contributed by atoms with Crippen molar-refractivity contribution < 1.29 is 4.39 Å². The lowest BCUT2D eigenvalue weighted by Crippen LogP contribution is -2.46. The molecule has 1 fully saturated rings. The SMILES string of the molecule is Cc1cc(N2CCN(Cc3cccc(F)c3)CC2)nc(C(C)C)n1. The van der Waals surface area contributed by atoms with Crippen LogP contribution < -0.4 is 4.90 Å². The second kappa shape index (κ2) is 7.26. The van der Waals surface area contributed by atoms with Crippen LogP contribution in [0.1, 0.15) is 36.8 Å². The number of piperazine rings is 1. The Hall–Kier alpha value is -2.01. The number of aromatic nitrogens is 2. The molecular formula is C19H25FN4. The number of aryl methyl sites for hydroxylation is 1. The van der Waals surface area contributed by atoms with Crippen LogP contribution in [-0.2, 0) is 6.54 Å². The maximum Gasteiger partial charge on any atom is 0.133 e. The average molecular weight is 328 g/mol. The highest BCUT2D eigenvalue weighted by Gasteiger charge is 2.19. The molecule has 1 saturated heterocycles. The first kappa shape index (κ1) is 16.8. The molecular weight excluding hydrogens is 303 g/mol. The maximum atomic E-state index is 13.3. The molecule has 1 aliphatic rings. The first-order valence-electron chi connectivity index (χ1n) is 8.58. The van der Waals surface area contributed by atoms with Crippen molar-refractivity contribution in [3.8, 4) is 0 Å². The number of nitrogens with zero attached hydrogens (tertiary/aromatic N) is 4. The lowest BCUT2D eigenvalue weighted by Gasteiger charge is -2.35. The normalized spacial score (nSPS) is 16.0. The molecule has 1 aliphatic heterocycles. The topological polar surface area (TPSA) is 32.3 Å². The summed E-state index contributed by atoms with van der Waals surface area (Å²) in [5.74, 6) is 2.10. The van der Waals surface area contributed by atoms with Gasteiger partial charge in [0.05, 0.1) is 0 Å². The highest BCUT2D eigenvalue weighted by molar-refractivity contribution is 5.40. The molecule has 4 nitrogen and oxygen atoms in total. The molecule has 0 aliphatic carbocycles. The fourth-order valence-electron chi connectivity index (χ4n) is 3.02. The summed E-state index contributed by atoms with van der Waals surface area (Å²) in [6.07, 6.45) is 0. The van der Waals surface area contributed by atoms with E-state index in [0.717, 1.165) is 55.6 Å². The Morgan fingerprint density at radius 2 is 1.83 bits per heavy atom. The van der Waals surface area contributed by atoms with E-state index in [9.17, 15) is 4.39 Å². The summed E-state index contributed by atoms with van der Waals surface area (Å²) in [6.45, 7) is 10.8. The van der Waals surface area contributed by atoms with Gasteiger partial charge in [0.2, 0.25) is 0 Å². The highest BCUT2D eigenvalue weighted by Crippen LogP contribution is 2.19. The molecule has 2 aromatic rings. The zero-order chi connectivity index (χ0) is 17.1. The summed E-state index contributed by atoms with van der Waals surface area (Å²) in [7, 11) is 0. The first-order chi connectivity index (χ1) is 11.5. The number of hydrogen-bond donors (Lipinski definition) is 0. The fraction of sp³-hybridized carbons (Fsp3) is 0.474. The van der Waals surface area contributed by atoms with Crippen LogP contribution in [0.4, 0.5) is 10.2 Å². The van der Waals surface area contributed by atoms with Crippen molar-refractivity contribution in [2.45, 2.75) is 33.2 Å². The summed E-state index contributed by atoms with van der Waals surface area (Å²) in [5.41, 5.74) is 2.05. The smallest absolute Gasteiger partial charge is 0.133 e. The van der Waals surface area contributed by atoms with E-state index in [1.807, 2.05) is 13.0 Å². The molecule has 1 aromatic carbocycles. The van der Waals surface area contributed by atoms with Crippen LogP contribution in [0.2, 0.25) is 0 Å². The molecule has 0 spiro atoms. The lowest BCUT2D eigenvalue weighted by molar-refractivity contribution is 0.249. The van der Waals surface area contributed by atoms with Crippen LogP contribution >= 0.6 is 0 Å². The zero-order valence-corrected chi connectivity index (χ0v) is 14.7. The molecule has 0 atom stereocenters. The van der Waals surface area contributed by atoms with E-state index < -0.39 is 0 Å². The van der Waals surface area contributed by atoms with Crippen molar-refractivity contribution >= 4 is 5.82 Å². The van der Waals surface area contributed by atoms with Crippen molar-refractivity contribution in [2.75, 3.05) is 31.1 Å². The summed E-state index contributed by atoms with van der Waals surface area (Å²) >= 11 is 0. The van der Waals surface area contributed by atoms with Crippen LogP contribution in [0, 0.1) is 12.7 Å². The van der Waals surface area contributed by atoms with Gasteiger partial charge in [-0.25, -0.2) is 14.4 Å². The van der Waals surface area contributed by atoms with E-state index >= 15 is 0 Å². The minimum Gasteiger partial charge on any atom is -0.354 e. The molecule has 2 heterocycles. The van der Waals surface area contributed by atoms with E-state index in [-0.39, 0.29) is 5.82 Å². The van der Waals surface area contributed by atoms with Gasteiger partial charge in [-0.15, -0.1) is 0 Å². The number of anilines is 1. The van der Waals surface area contributed by atoms with E-state index in [1.165, 1.54) is 6.07 Å². The molecule has 0 saturated carbocycles. The molecule has 0 unspecified atom stereocenters. The van der Waals surface area contributed by atoms with Gasteiger partial charge in [0.1, 0.15) is 17.5 Å². The van der Waals surface area contributed by atoms with Gasteiger partial charge in [0.15, 0.2) is 0 Å². The Bertz CT molecular complexity index is 694. The molecule has 0 N–H and O–H groups in total. The fourth-order valence-corrected chi connectivity index (χ4v) is 3.02. The quantitative estimate of drug-likeness (QED) is 0.861. The number of benzene rings is 1. The Morgan fingerprint density at radius 3 is 2.50 bits per heavy atom. The van der Waals surface area contributed by atoms with Gasteiger partial charge in [0.25, 0.3) is 0 Å². The number of rotatable bonds is 4. The first-order valence-corrected chi connectivity index (χ1v) is 8.58. The second-order valence-electron chi connectivity index (χ2n) is 6.77. The molecule has 3 rings (SSSR count). The Labute approximate surface area is 143 Å². The molecule has 0 bridgehead atoms. The molecule has 5 heteroatoms. The van der Waals surface area contributed by atoms with Crippen LogP contribution in [0.5, 0.6) is 0 Å². The third-order valence-corrected chi connectivity index (χ3v) is 4.37. The summed E-state index contributed by atoms with van der Waals surface area (Å²) < 4.78 is 13.3. The Kier molecular flexibility index (Phi) is 5.09. The van der Waals surface area contributed by atoms with Crippen LogP contribution in [0.25, 0.3) is 0 Å². The summed E-state index contributed by atoms with van der Waals surface area (Å²) in [4.78, 5) is 13.9. The van der Waals surface area contributed by atoms with Crippen LogP contribution in [0.3, 0.4) is 0 Å². The predicted molar refractivity (Wildman–Crippen MR) is 94.7 cm³/mol. The van der Waals surface area contributed by atoms with E-state index in [2.05, 4.69) is 34.7 Å². The van der Waals surface area contributed by atoms with Gasteiger partial charge >= 0.3 is 0 Å². The van der Waals surface area contributed by atoms with Crippen molar-refractivity contribution in [1.82, 2.24) is 14.9 Å². The molecule has 1 aromatic heterocycles. The minimum atomic E-state index is -0.163. The zero-order valence-electron chi connectivity index (χ0n) is 14.7. The monoisotopic (exact) mass is 328 g/mol. The number of hydrogen-bond acceptors (Lipinski definition) is 4. The van der Waals surface area contributed by atoms with Gasteiger partial charge in [-0.05, 0) is 24.6 Å². The standard InChI is InChI=1S/C19H25FN4/c1-14(2)19-21-15(3)11-18(22-19)24-9-7-23(8-10-24)13-16-5-4-6-17(20)12-16/h4-6,11-12,14H,7-10,13H2,1-3H3. The predicted octanol–water partition coefficient (Wildman–Crippen LogP) is 3.37. The van der Waals surface area contributed by atoms with E-state index in [4.69, 9.17) is 4.98 Å². The van der Waals surface area contributed by atoms with Gasteiger partial charge in [-0.3, -0.25) is 4.90 Å². The summed E-state index contributed by atoms with van der Waals surface area (Å²) in [6, 6.07) is 8.94. The molecule has 0 radical (unpaired) electrons. The largest absolute Gasteiger partial charge is 0.354 e. The van der Waals surface area contributed by atoms with Gasteiger partial charge in [0, 0.05) is 50.4 Å². The minimum absolute atomic E-state index is 0.163. The van der Waals surface area contributed by atoms with Crippen molar-refractivity contribution in [2.24, 2.45) is 0 Å². The van der Waals surface area contributed by atoms with Crippen molar-refractivity contribution in [3.63, 3.8) is 0 Å². The summed E-state index contributed by atoms with van der Waals surface area (Å²) in [5, 5.41) is 0. The Morgan fingerprint density at radius 1 is 1.08 bits per heavy atom. The van der Waals surface area contributed by atoms with E-state index in [0.29, 0.717) is 5.92 Å². The van der Waals surface area contributed by atoms with Gasteiger partial charge < -0.3 is 4.90 Å². The van der Waals surface area contributed by atoms with Crippen molar-refractivity contribution in [3.05, 3.63) is 53.2 Å². The van der Waals surface area contributed by atoms with Gasteiger partial charge in [-0.2, -0.15) is 0 Å². The van der Waals surface area contributed by atoms with Crippen molar-refractivity contribution in [1.29, 1.82) is 0 Å². The third kappa shape index (κ3) is 4.09.